The smallest absolute Gasteiger partial charge is 0.417 e. The summed E-state index contributed by atoms with van der Waals surface area (Å²) in [5.74, 6) is -2.89. The molecule has 0 aliphatic carbocycles. The molecule has 0 fully saturated rings. The summed E-state index contributed by atoms with van der Waals surface area (Å²) in [4.78, 5) is 11.5. The molecular weight excluding hydrogens is 337 g/mol. The lowest BCUT2D eigenvalue weighted by Crippen LogP contribution is -2.56. The molecule has 4 nitrogen and oxygen atoms in total. The van der Waals surface area contributed by atoms with Gasteiger partial charge in [0.1, 0.15) is 11.6 Å². The van der Waals surface area contributed by atoms with Crippen LogP contribution in [0, 0.1) is 5.82 Å². The maximum absolute atomic E-state index is 13.0. The Morgan fingerprint density at radius 3 is 2.17 bits per heavy atom. The van der Waals surface area contributed by atoms with E-state index in [-0.39, 0.29) is 11.4 Å². The number of carbonyl (C=O) groups excluding carboxylic acids is 1. The summed E-state index contributed by atoms with van der Waals surface area (Å²) in [6.07, 6.45) is -13.2. The van der Waals surface area contributed by atoms with Gasteiger partial charge in [-0.25, -0.2) is 4.39 Å². The Morgan fingerprint density at radius 1 is 1.17 bits per heavy atom. The molecule has 1 rings (SSSR count). The number of alkyl halides is 6. The maximum atomic E-state index is 13.0. The Kier molecular flexibility index (Phi) is 5.33. The number of nitrogens with two attached hydrogens (primary N) is 1. The molecule has 0 spiro atoms. The van der Waals surface area contributed by atoms with E-state index in [1.54, 1.807) is 0 Å². The fraction of sp³-hybridized carbons (Fsp3) is 0.417. The number of hydrogen-bond donors (Lipinski definition) is 2. The second-order valence-electron chi connectivity index (χ2n) is 4.47. The van der Waals surface area contributed by atoms with Crippen LogP contribution in [0.15, 0.2) is 18.2 Å². The van der Waals surface area contributed by atoms with Crippen molar-refractivity contribution in [3.05, 3.63) is 24.0 Å². The second-order valence-corrected chi connectivity index (χ2v) is 4.47. The summed E-state index contributed by atoms with van der Waals surface area (Å²) in [5.41, 5.74) is 5.25. The molecule has 0 aliphatic heterocycles. The van der Waals surface area contributed by atoms with Crippen molar-refractivity contribution in [1.82, 2.24) is 5.32 Å². The van der Waals surface area contributed by atoms with Gasteiger partial charge in [0.15, 0.2) is 6.10 Å². The third-order valence-electron chi connectivity index (χ3n) is 2.59. The van der Waals surface area contributed by atoms with E-state index >= 15 is 0 Å². The van der Waals surface area contributed by atoms with E-state index in [0.29, 0.717) is 0 Å². The molecule has 0 bridgehead atoms. The minimum absolute atomic E-state index is 0.144. The fourth-order valence-corrected chi connectivity index (χ4v) is 1.46. The van der Waals surface area contributed by atoms with E-state index in [9.17, 15) is 35.5 Å². The highest BCUT2D eigenvalue weighted by atomic mass is 19.4. The van der Waals surface area contributed by atoms with Crippen LogP contribution >= 0.6 is 0 Å². The summed E-state index contributed by atoms with van der Waals surface area (Å²) in [7, 11) is 0. The highest BCUT2D eigenvalue weighted by Gasteiger charge is 2.57. The molecule has 130 valence electrons. The number of halogens is 7. The molecule has 1 amide bonds. The lowest BCUT2D eigenvalue weighted by molar-refractivity contribution is -0.258. The van der Waals surface area contributed by atoms with Gasteiger partial charge < -0.3 is 15.8 Å². The summed E-state index contributed by atoms with van der Waals surface area (Å²) >= 11 is 0. The van der Waals surface area contributed by atoms with Crippen molar-refractivity contribution in [2.45, 2.75) is 31.4 Å². The minimum atomic E-state index is -5.73. The van der Waals surface area contributed by atoms with Gasteiger partial charge in [0.05, 0.1) is 5.69 Å². The molecule has 1 aromatic carbocycles. The summed E-state index contributed by atoms with van der Waals surface area (Å²) in [5, 5.41) is 0.803. The summed E-state index contributed by atoms with van der Waals surface area (Å²) in [6.45, 7) is 0.892. The molecule has 0 saturated carbocycles. The molecule has 1 aromatic rings. The Balaban J connectivity index is 2.86. The van der Waals surface area contributed by atoms with E-state index in [0.717, 1.165) is 30.4 Å². The molecule has 0 aliphatic rings. The molecular formula is C12H11F7N2O2. The lowest BCUT2D eigenvalue weighted by atomic mass is 10.2. The third kappa shape index (κ3) is 5.18. The largest absolute Gasteiger partial charge is 0.479 e. The van der Waals surface area contributed by atoms with Crippen LogP contribution in [0.2, 0.25) is 0 Å². The molecule has 23 heavy (non-hydrogen) atoms. The predicted octanol–water partition coefficient (Wildman–Crippen LogP) is 2.78. The molecule has 0 heterocycles. The van der Waals surface area contributed by atoms with E-state index in [1.807, 2.05) is 0 Å². The predicted molar refractivity (Wildman–Crippen MR) is 64.9 cm³/mol. The second kappa shape index (κ2) is 6.50. The van der Waals surface area contributed by atoms with E-state index in [1.165, 1.54) is 0 Å². The van der Waals surface area contributed by atoms with Crippen LogP contribution in [-0.4, -0.2) is 30.4 Å². The van der Waals surface area contributed by atoms with Gasteiger partial charge in [0.2, 0.25) is 6.04 Å². The molecule has 0 saturated heterocycles. The van der Waals surface area contributed by atoms with Crippen LogP contribution < -0.4 is 15.8 Å². The van der Waals surface area contributed by atoms with Crippen molar-refractivity contribution in [3.8, 4) is 5.75 Å². The first-order valence-corrected chi connectivity index (χ1v) is 5.98. The Bertz CT molecular complexity index is 558. The molecule has 1 atom stereocenters. The number of benzene rings is 1. The molecule has 0 aromatic heterocycles. The Hall–Kier alpha value is -2.20. The van der Waals surface area contributed by atoms with Crippen molar-refractivity contribution in [2.75, 3.05) is 5.73 Å². The van der Waals surface area contributed by atoms with Crippen molar-refractivity contribution >= 4 is 11.6 Å². The number of carbonyl (C=O) groups is 1. The first-order valence-electron chi connectivity index (χ1n) is 5.98. The first kappa shape index (κ1) is 18.8. The number of ether oxygens (including phenoxy) is 1. The number of nitrogen functional groups attached to an aromatic ring is 1. The van der Waals surface area contributed by atoms with Gasteiger partial charge >= 0.3 is 12.4 Å². The summed E-state index contributed by atoms with van der Waals surface area (Å²) < 4.78 is 91.8. The highest BCUT2D eigenvalue weighted by Crippen LogP contribution is 2.33. The zero-order valence-corrected chi connectivity index (χ0v) is 11.4. The number of anilines is 1. The number of hydrogen-bond acceptors (Lipinski definition) is 3. The van der Waals surface area contributed by atoms with Crippen LogP contribution in [0.25, 0.3) is 0 Å². The van der Waals surface area contributed by atoms with E-state index in [4.69, 9.17) is 10.5 Å². The quantitative estimate of drug-likeness (QED) is 0.650. The van der Waals surface area contributed by atoms with Crippen molar-refractivity contribution in [1.29, 1.82) is 0 Å². The van der Waals surface area contributed by atoms with Gasteiger partial charge in [-0.1, -0.05) is 0 Å². The van der Waals surface area contributed by atoms with Gasteiger partial charge in [-0.3, -0.25) is 4.79 Å². The summed E-state index contributed by atoms with van der Waals surface area (Å²) in [6, 6.07) is -1.29. The number of rotatable bonds is 4. The van der Waals surface area contributed by atoms with E-state index < -0.39 is 36.2 Å². The SMILES string of the molecule is C[C@@H](Oc1cc(F)ccc1N)C(=O)NC(C(F)(F)F)C(F)(F)F. The minimum Gasteiger partial charge on any atom is -0.479 e. The normalized spacial score (nSPS) is 13.8. The standard InChI is InChI=1S/C12H11F7N2O2/c1-5(23-8-4-6(13)2-3-7(8)20)9(22)21-10(11(14,15)16)12(17,18)19/h2-5,10H,20H2,1H3,(H,21,22)/t5-/m1/s1. The van der Waals surface area contributed by atoms with Gasteiger partial charge in [-0.2, -0.15) is 26.3 Å². The van der Waals surface area contributed by atoms with E-state index in [2.05, 4.69) is 0 Å². The van der Waals surface area contributed by atoms with Crippen LogP contribution in [0.1, 0.15) is 6.92 Å². The van der Waals surface area contributed by atoms with Crippen molar-refractivity contribution < 1.29 is 40.3 Å². The zero-order valence-electron chi connectivity index (χ0n) is 11.4. The molecule has 11 heteroatoms. The average molecular weight is 348 g/mol. The zero-order chi connectivity index (χ0) is 18.0. The molecule has 3 N–H and O–H groups in total. The third-order valence-corrected chi connectivity index (χ3v) is 2.59. The van der Waals surface area contributed by atoms with Gasteiger partial charge in [0.25, 0.3) is 5.91 Å². The number of nitrogens with one attached hydrogen (secondary N) is 1. The molecule has 0 radical (unpaired) electrons. The topological polar surface area (TPSA) is 64.3 Å². The van der Waals surface area contributed by atoms with Crippen molar-refractivity contribution in [3.63, 3.8) is 0 Å². The monoisotopic (exact) mass is 348 g/mol. The van der Waals surface area contributed by atoms with Crippen LogP contribution in [0.3, 0.4) is 0 Å². The van der Waals surface area contributed by atoms with Crippen LogP contribution in [0.4, 0.5) is 36.4 Å². The van der Waals surface area contributed by atoms with Gasteiger partial charge in [-0.05, 0) is 19.1 Å². The van der Waals surface area contributed by atoms with Gasteiger partial charge in [-0.15, -0.1) is 0 Å². The average Bonchev–Trinajstić information content (AvgIpc) is 2.37. The Labute approximate surface area is 125 Å². The highest BCUT2D eigenvalue weighted by molar-refractivity contribution is 5.81. The van der Waals surface area contributed by atoms with Crippen molar-refractivity contribution in [2.24, 2.45) is 0 Å². The van der Waals surface area contributed by atoms with Crippen LogP contribution in [-0.2, 0) is 4.79 Å². The van der Waals surface area contributed by atoms with Gasteiger partial charge in [0, 0.05) is 6.07 Å². The first-order chi connectivity index (χ1) is 10.3. The number of amides is 1. The Morgan fingerprint density at radius 2 is 1.70 bits per heavy atom. The molecule has 0 unspecified atom stereocenters. The fourth-order valence-electron chi connectivity index (χ4n) is 1.46. The maximum Gasteiger partial charge on any atom is 0.417 e. The van der Waals surface area contributed by atoms with Crippen LogP contribution in [0.5, 0.6) is 5.75 Å². The lowest BCUT2D eigenvalue weighted by Gasteiger charge is -2.25.